The van der Waals surface area contributed by atoms with E-state index in [0.29, 0.717) is 19.6 Å². The monoisotopic (exact) mass is 434 g/mol. The number of thiophene rings is 1. The zero-order valence-electron chi connectivity index (χ0n) is 17.9. The Balaban J connectivity index is 1.52. The first-order valence-corrected chi connectivity index (χ1v) is 11.0. The lowest BCUT2D eigenvalue weighted by Gasteiger charge is -2.13. The lowest BCUT2D eigenvalue weighted by molar-refractivity contribution is 0.715. The Morgan fingerprint density at radius 2 is 1.87 bits per heavy atom. The van der Waals surface area contributed by atoms with Gasteiger partial charge in [-0.25, -0.2) is 9.67 Å². The highest BCUT2D eigenvalue weighted by Crippen LogP contribution is 2.15. The molecular formula is C22H26N8S. The third kappa shape index (κ3) is 5.18. The van der Waals surface area contributed by atoms with Gasteiger partial charge in [0.15, 0.2) is 11.8 Å². The van der Waals surface area contributed by atoms with Gasteiger partial charge in [-0.15, -0.1) is 21.5 Å². The van der Waals surface area contributed by atoms with Crippen molar-refractivity contribution < 1.29 is 0 Å². The number of aromatic nitrogens is 5. The molecular weight excluding hydrogens is 408 g/mol. The van der Waals surface area contributed by atoms with Crippen LogP contribution in [0.1, 0.15) is 27.8 Å². The van der Waals surface area contributed by atoms with E-state index in [-0.39, 0.29) is 0 Å². The van der Waals surface area contributed by atoms with Gasteiger partial charge in [0.25, 0.3) is 0 Å². The molecule has 8 nitrogen and oxygen atoms in total. The minimum Gasteiger partial charge on any atom is -0.351 e. The van der Waals surface area contributed by atoms with Crippen LogP contribution in [0.15, 0.2) is 59.0 Å². The first-order valence-electron chi connectivity index (χ1n) is 10.1. The number of nitrogens with zero attached hydrogens (tertiary/aromatic N) is 6. The van der Waals surface area contributed by atoms with Crippen molar-refractivity contribution >= 4 is 17.3 Å². The van der Waals surface area contributed by atoms with Crippen LogP contribution in [0.3, 0.4) is 0 Å². The van der Waals surface area contributed by atoms with Crippen molar-refractivity contribution in [2.45, 2.75) is 33.5 Å². The molecule has 2 N–H and O–H groups in total. The van der Waals surface area contributed by atoms with Crippen LogP contribution in [0, 0.1) is 13.8 Å². The first kappa shape index (κ1) is 20.8. The minimum atomic E-state index is 0.521. The predicted molar refractivity (Wildman–Crippen MR) is 123 cm³/mol. The van der Waals surface area contributed by atoms with Crippen LogP contribution in [0.5, 0.6) is 0 Å². The van der Waals surface area contributed by atoms with E-state index in [1.54, 1.807) is 11.3 Å². The number of rotatable bonds is 7. The highest BCUT2D eigenvalue weighted by Gasteiger charge is 2.09. The van der Waals surface area contributed by atoms with Crippen molar-refractivity contribution in [2.75, 3.05) is 0 Å². The van der Waals surface area contributed by atoms with E-state index in [4.69, 9.17) is 4.99 Å². The van der Waals surface area contributed by atoms with Gasteiger partial charge in [-0.2, -0.15) is 5.10 Å². The van der Waals surface area contributed by atoms with Crippen molar-refractivity contribution in [1.82, 2.24) is 35.2 Å². The van der Waals surface area contributed by atoms with Crippen LogP contribution >= 0.6 is 11.3 Å². The van der Waals surface area contributed by atoms with E-state index in [1.165, 1.54) is 4.88 Å². The number of hydrogen-bond donors (Lipinski definition) is 2. The van der Waals surface area contributed by atoms with E-state index < -0.39 is 0 Å². The van der Waals surface area contributed by atoms with E-state index in [2.05, 4.69) is 55.6 Å². The molecule has 0 amide bonds. The van der Waals surface area contributed by atoms with E-state index in [9.17, 15) is 0 Å². The third-order valence-electron chi connectivity index (χ3n) is 4.98. The van der Waals surface area contributed by atoms with Gasteiger partial charge >= 0.3 is 0 Å². The second-order valence-corrected chi connectivity index (χ2v) is 8.24. The fourth-order valence-corrected chi connectivity index (χ4v) is 3.75. The van der Waals surface area contributed by atoms with Crippen LogP contribution in [0.25, 0.3) is 5.69 Å². The molecule has 9 heteroatoms. The summed E-state index contributed by atoms with van der Waals surface area (Å²) in [6, 6.07) is 14.3. The molecule has 0 saturated heterocycles. The first-order chi connectivity index (χ1) is 15.1. The van der Waals surface area contributed by atoms with Crippen molar-refractivity contribution in [2.24, 2.45) is 12.0 Å². The highest BCUT2D eigenvalue weighted by molar-refractivity contribution is 7.09. The molecule has 3 aromatic heterocycles. The zero-order valence-corrected chi connectivity index (χ0v) is 18.7. The van der Waals surface area contributed by atoms with Gasteiger partial charge in [0, 0.05) is 18.1 Å². The summed E-state index contributed by atoms with van der Waals surface area (Å²) in [5.41, 5.74) is 3.11. The number of aryl methyl sites for hydroxylation is 2. The summed E-state index contributed by atoms with van der Waals surface area (Å²) in [7, 11) is 1.96. The van der Waals surface area contributed by atoms with Crippen molar-refractivity contribution in [3.05, 3.63) is 81.8 Å². The standard InChI is InChI=1S/C22H26N8S/c1-16-10-11-30(28-16)20-9-5-4-7-18(20)13-23-22(24-14-19-8-6-12-31-19)25-15-21-27-26-17(2)29(21)3/h4-12H,13-15H2,1-3H3,(H2,23,24,25). The van der Waals surface area contributed by atoms with Crippen LogP contribution in [0.2, 0.25) is 0 Å². The Bertz CT molecular complexity index is 1160. The number of para-hydroxylation sites is 1. The smallest absolute Gasteiger partial charge is 0.192 e. The molecule has 0 saturated carbocycles. The third-order valence-corrected chi connectivity index (χ3v) is 5.85. The van der Waals surface area contributed by atoms with Gasteiger partial charge in [-0.3, -0.25) is 0 Å². The van der Waals surface area contributed by atoms with Crippen molar-refractivity contribution in [1.29, 1.82) is 0 Å². The molecule has 0 aliphatic carbocycles. The molecule has 0 aliphatic heterocycles. The van der Waals surface area contributed by atoms with Crippen molar-refractivity contribution in [3.8, 4) is 5.69 Å². The number of aliphatic imine (C=N–C) groups is 1. The Hall–Kier alpha value is -3.46. The van der Waals surface area contributed by atoms with Gasteiger partial charge < -0.3 is 15.2 Å². The van der Waals surface area contributed by atoms with E-state index >= 15 is 0 Å². The molecule has 160 valence electrons. The van der Waals surface area contributed by atoms with Crippen molar-refractivity contribution in [3.63, 3.8) is 0 Å². The fourth-order valence-electron chi connectivity index (χ4n) is 3.11. The Morgan fingerprint density at radius 1 is 1.03 bits per heavy atom. The molecule has 0 unspecified atom stereocenters. The summed E-state index contributed by atoms with van der Waals surface area (Å²) < 4.78 is 3.87. The van der Waals surface area contributed by atoms with Gasteiger partial charge in [-0.1, -0.05) is 24.3 Å². The highest BCUT2D eigenvalue weighted by atomic mass is 32.1. The van der Waals surface area contributed by atoms with Gasteiger partial charge in [-0.05, 0) is 43.0 Å². The molecule has 0 bridgehead atoms. The van der Waals surface area contributed by atoms with Gasteiger partial charge in [0.1, 0.15) is 5.82 Å². The van der Waals surface area contributed by atoms with E-state index in [1.807, 2.05) is 54.5 Å². The molecule has 0 spiro atoms. The number of benzene rings is 1. The maximum atomic E-state index is 4.84. The molecule has 0 fully saturated rings. The Kier molecular flexibility index (Phi) is 6.42. The lowest BCUT2D eigenvalue weighted by Crippen LogP contribution is -2.37. The summed E-state index contributed by atoms with van der Waals surface area (Å²) in [6.45, 7) is 5.69. The lowest BCUT2D eigenvalue weighted by atomic mass is 10.2. The number of hydrogen-bond acceptors (Lipinski definition) is 5. The van der Waals surface area contributed by atoms with Crippen LogP contribution < -0.4 is 10.6 Å². The van der Waals surface area contributed by atoms with Gasteiger partial charge in [0.05, 0.1) is 31.0 Å². The average molecular weight is 435 g/mol. The molecule has 0 atom stereocenters. The molecule has 0 aliphatic rings. The molecule has 1 aromatic carbocycles. The fraction of sp³-hybridized carbons (Fsp3) is 0.273. The maximum Gasteiger partial charge on any atom is 0.192 e. The largest absolute Gasteiger partial charge is 0.351 e. The summed E-state index contributed by atoms with van der Waals surface area (Å²) in [5.74, 6) is 2.46. The quantitative estimate of drug-likeness (QED) is 0.345. The Labute approximate surface area is 185 Å². The molecule has 31 heavy (non-hydrogen) atoms. The summed E-state index contributed by atoms with van der Waals surface area (Å²) in [4.78, 5) is 6.09. The number of guanidine groups is 1. The summed E-state index contributed by atoms with van der Waals surface area (Å²) >= 11 is 1.72. The molecule has 3 heterocycles. The average Bonchev–Trinajstić information content (AvgIpc) is 3.52. The molecule has 4 aromatic rings. The topological polar surface area (TPSA) is 85.0 Å². The molecule has 0 radical (unpaired) electrons. The zero-order chi connectivity index (χ0) is 21.6. The Morgan fingerprint density at radius 3 is 2.58 bits per heavy atom. The summed E-state index contributed by atoms with van der Waals surface area (Å²) in [6.07, 6.45) is 1.97. The predicted octanol–water partition coefficient (Wildman–Crippen LogP) is 3.11. The maximum absolute atomic E-state index is 4.84. The second-order valence-electron chi connectivity index (χ2n) is 7.20. The second kappa shape index (κ2) is 9.57. The minimum absolute atomic E-state index is 0.521. The van der Waals surface area contributed by atoms with Crippen LogP contribution in [-0.2, 0) is 26.7 Å². The van der Waals surface area contributed by atoms with E-state index in [0.717, 1.165) is 34.6 Å². The molecule has 4 rings (SSSR count). The SMILES string of the molecule is Cc1ccn(-c2ccccc2CN=C(NCc2cccs2)NCc2nnc(C)n2C)n1. The number of nitrogens with one attached hydrogen (secondary N) is 2. The van der Waals surface area contributed by atoms with Gasteiger partial charge in [0.2, 0.25) is 0 Å². The van der Waals surface area contributed by atoms with Crippen LogP contribution in [0.4, 0.5) is 0 Å². The normalized spacial score (nSPS) is 11.6. The van der Waals surface area contributed by atoms with Crippen LogP contribution in [-0.4, -0.2) is 30.5 Å². The summed E-state index contributed by atoms with van der Waals surface area (Å²) in [5, 5.41) is 21.8.